The van der Waals surface area contributed by atoms with Gasteiger partial charge in [-0.1, -0.05) is 29.8 Å². The van der Waals surface area contributed by atoms with Crippen LogP contribution in [0.5, 0.6) is 0 Å². The van der Waals surface area contributed by atoms with Crippen LogP contribution in [0.25, 0.3) is 0 Å². The van der Waals surface area contributed by atoms with Crippen LogP contribution in [0, 0.1) is 19.7 Å². The second kappa shape index (κ2) is 5.40. The van der Waals surface area contributed by atoms with E-state index in [4.69, 9.17) is 11.6 Å². The van der Waals surface area contributed by atoms with Gasteiger partial charge in [-0.2, -0.15) is 0 Å². The zero-order valence-corrected chi connectivity index (χ0v) is 11.2. The number of anilines is 1. The molecular formula is C15H15ClFN. The average Bonchev–Trinajstić information content (AvgIpc) is 2.35. The number of aryl methyl sites for hydroxylation is 2. The minimum Gasteiger partial charge on any atom is -0.381 e. The van der Waals surface area contributed by atoms with Gasteiger partial charge in [-0.15, -0.1) is 0 Å². The van der Waals surface area contributed by atoms with Crippen molar-refractivity contribution in [1.82, 2.24) is 0 Å². The number of hydrogen-bond acceptors (Lipinski definition) is 1. The van der Waals surface area contributed by atoms with E-state index < -0.39 is 5.82 Å². The molecule has 2 aromatic carbocycles. The van der Waals surface area contributed by atoms with E-state index in [1.54, 1.807) is 12.1 Å². The van der Waals surface area contributed by atoms with Gasteiger partial charge in [0.1, 0.15) is 5.82 Å². The first kappa shape index (κ1) is 12.9. The molecule has 18 heavy (non-hydrogen) atoms. The third kappa shape index (κ3) is 3.02. The molecule has 0 heterocycles. The Kier molecular flexibility index (Phi) is 3.87. The van der Waals surface area contributed by atoms with Crippen molar-refractivity contribution in [2.24, 2.45) is 0 Å². The van der Waals surface area contributed by atoms with E-state index in [1.165, 1.54) is 22.8 Å². The Morgan fingerprint density at radius 2 is 1.83 bits per heavy atom. The molecule has 1 nitrogen and oxygen atoms in total. The number of halogens is 2. The molecule has 0 aliphatic carbocycles. The Morgan fingerprint density at radius 3 is 2.50 bits per heavy atom. The predicted molar refractivity (Wildman–Crippen MR) is 74.7 cm³/mol. The first-order valence-corrected chi connectivity index (χ1v) is 6.19. The lowest BCUT2D eigenvalue weighted by Gasteiger charge is -2.09. The molecule has 0 radical (unpaired) electrons. The maximum Gasteiger partial charge on any atom is 0.141 e. The second-order valence-corrected chi connectivity index (χ2v) is 4.81. The lowest BCUT2D eigenvalue weighted by atomic mass is 10.1. The SMILES string of the molecule is Cc1ccc(CNc2ccc(F)c(Cl)c2)cc1C. The molecule has 0 fully saturated rings. The summed E-state index contributed by atoms with van der Waals surface area (Å²) in [4.78, 5) is 0. The molecule has 1 N–H and O–H groups in total. The summed E-state index contributed by atoms with van der Waals surface area (Å²) in [5, 5.41) is 3.36. The van der Waals surface area contributed by atoms with Crippen molar-refractivity contribution in [1.29, 1.82) is 0 Å². The maximum absolute atomic E-state index is 13.0. The van der Waals surface area contributed by atoms with Crippen molar-refractivity contribution in [2.75, 3.05) is 5.32 Å². The molecule has 2 rings (SSSR count). The van der Waals surface area contributed by atoms with Crippen LogP contribution in [0.4, 0.5) is 10.1 Å². The van der Waals surface area contributed by atoms with Gasteiger partial charge in [0.05, 0.1) is 5.02 Å². The van der Waals surface area contributed by atoms with Crippen molar-refractivity contribution < 1.29 is 4.39 Å². The summed E-state index contributed by atoms with van der Waals surface area (Å²) in [5.41, 5.74) is 4.56. The minimum atomic E-state index is -0.395. The highest BCUT2D eigenvalue weighted by molar-refractivity contribution is 6.31. The van der Waals surface area contributed by atoms with E-state index >= 15 is 0 Å². The fourth-order valence-corrected chi connectivity index (χ4v) is 1.90. The molecule has 0 unspecified atom stereocenters. The van der Waals surface area contributed by atoms with Crippen LogP contribution in [-0.4, -0.2) is 0 Å². The largest absolute Gasteiger partial charge is 0.381 e. The van der Waals surface area contributed by atoms with E-state index in [9.17, 15) is 4.39 Å². The smallest absolute Gasteiger partial charge is 0.141 e. The van der Waals surface area contributed by atoms with Gasteiger partial charge < -0.3 is 5.32 Å². The summed E-state index contributed by atoms with van der Waals surface area (Å²) >= 11 is 5.73. The van der Waals surface area contributed by atoms with Gasteiger partial charge in [0.25, 0.3) is 0 Å². The zero-order valence-electron chi connectivity index (χ0n) is 10.4. The van der Waals surface area contributed by atoms with Gasteiger partial charge in [-0.3, -0.25) is 0 Å². The van der Waals surface area contributed by atoms with Crippen LogP contribution < -0.4 is 5.32 Å². The molecular weight excluding hydrogens is 249 g/mol. The highest BCUT2D eigenvalue weighted by Crippen LogP contribution is 2.20. The molecule has 94 valence electrons. The van der Waals surface area contributed by atoms with Crippen LogP contribution in [0.2, 0.25) is 5.02 Å². The van der Waals surface area contributed by atoms with Crippen molar-refractivity contribution in [2.45, 2.75) is 20.4 Å². The maximum atomic E-state index is 13.0. The minimum absolute atomic E-state index is 0.139. The van der Waals surface area contributed by atoms with Gasteiger partial charge in [-0.25, -0.2) is 4.39 Å². The third-order valence-electron chi connectivity index (χ3n) is 2.99. The Morgan fingerprint density at radius 1 is 1.06 bits per heavy atom. The summed E-state index contributed by atoms with van der Waals surface area (Å²) in [6.45, 7) is 4.88. The Balaban J connectivity index is 2.06. The standard InChI is InChI=1S/C15H15ClFN/c1-10-3-4-12(7-11(10)2)9-18-13-5-6-15(17)14(16)8-13/h3-8,18H,9H2,1-2H3. The molecule has 0 saturated heterocycles. The normalized spacial score (nSPS) is 10.4. The Bertz CT molecular complexity index is 515. The van der Waals surface area contributed by atoms with Crippen LogP contribution in [0.3, 0.4) is 0 Å². The molecule has 0 saturated carbocycles. The lowest BCUT2D eigenvalue weighted by molar-refractivity contribution is 0.628. The molecule has 0 aliphatic rings. The Labute approximate surface area is 112 Å². The summed E-state index contributed by atoms with van der Waals surface area (Å²) in [6.07, 6.45) is 0. The van der Waals surface area contributed by atoms with E-state index in [0.29, 0.717) is 6.54 Å². The van der Waals surface area contributed by atoms with Crippen molar-refractivity contribution in [3.05, 3.63) is 63.9 Å². The van der Waals surface area contributed by atoms with E-state index in [0.717, 1.165) is 5.69 Å². The molecule has 0 spiro atoms. The predicted octanol–water partition coefficient (Wildman–Crippen LogP) is 4.71. The summed E-state index contributed by atoms with van der Waals surface area (Å²) in [7, 11) is 0. The monoisotopic (exact) mass is 263 g/mol. The van der Waals surface area contributed by atoms with Gasteiger partial charge in [0.15, 0.2) is 0 Å². The third-order valence-corrected chi connectivity index (χ3v) is 3.28. The Hall–Kier alpha value is -1.54. The molecule has 0 aromatic heterocycles. The number of hydrogen-bond donors (Lipinski definition) is 1. The molecule has 0 amide bonds. The van der Waals surface area contributed by atoms with Gasteiger partial charge >= 0.3 is 0 Å². The van der Waals surface area contributed by atoms with Gasteiger partial charge in [0.2, 0.25) is 0 Å². The average molecular weight is 264 g/mol. The number of nitrogens with one attached hydrogen (secondary N) is 1. The fourth-order valence-electron chi connectivity index (χ4n) is 1.72. The molecule has 2 aromatic rings. The quantitative estimate of drug-likeness (QED) is 0.846. The summed E-state index contributed by atoms with van der Waals surface area (Å²) in [6, 6.07) is 11.0. The fraction of sp³-hybridized carbons (Fsp3) is 0.200. The molecule has 3 heteroatoms. The van der Waals surface area contributed by atoms with E-state index in [-0.39, 0.29) is 5.02 Å². The molecule has 0 aliphatic heterocycles. The zero-order chi connectivity index (χ0) is 13.1. The second-order valence-electron chi connectivity index (χ2n) is 4.40. The lowest BCUT2D eigenvalue weighted by Crippen LogP contribution is -2.00. The molecule has 0 atom stereocenters. The highest BCUT2D eigenvalue weighted by atomic mass is 35.5. The van der Waals surface area contributed by atoms with E-state index in [2.05, 4.69) is 37.4 Å². The van der Waals surface area contributed by atoms with E-state index in [1.807, 2.05) is 0 Å². The van der Waals surface area contributed by atoms with Crippen LogP contribution >= 0.6 is 11.6 Å². The van der Waals surface area contributed by atoms with Crippen molar-refractivity contribution in [3.63, 3.8) is 0 Å². The van der Waals surface area contributed by atoms with Crippen LogP contribution in [0.1, 0.15) is 16.7 Å². The number of rotatable bonds is 3. The summed E-state index contributed by atoms with van der Waals surface area (Å²) < 4.78 is 13.0. The van der Waals surface area contributed by atoms with Crippen LogP contribution in [0.15, 0.2) is 36.4 Å². The number of benzene rings is 2. The topological polar surface area (TPSA) is 12.0 Å². The molecule has 0 bridgehead atoms. The van der Waals surface area contributed by atoms with Crippen molar-refractivity contribution in [3.8, 4) is 0 Å². The first-order chi connectivity index (χ1) is 8.56. The van der Waals surface area contributed by atoms with Crippen molar-refractivity contribution >= 4 is 17.3 Å². The summed E-state index contributed by atoms with van der Waals surface area (Å²) in [5.74, 6) is -0.395. The van der Waals surface area contributed by atoms with Crippen LogP contribution in [-0.2, 0) is 6.54 Å². The van der Waals surface area contributed by atoms with Gasteiger partial charge in [0, 0.05) is 12.2 Å². The first-order valence-electron chi connectivity index (χ1n) is 5.81. The highest BCUT2D eigenvalue weighted by Gasteiger charge is 2.01. The van der Waals surface area contributed by atoms with Gasteiger partial charge in [-0.05, 0) is 48.7 Å².